The molecule has 3 rings (SSSR count). The second-order valence-corrected chi connectivity index (χ2v) is 8.41. The molecule has 0 radical (unpaired) electrons. The summed E-state index contributed by atoms with van der Waals surface area (Å²) >= 11 is 5.87. The predicted octanol–water partition coefficient (Wildman–Crippen LogP) is 3.60. The van der Waals surface area contributed by atoms with Gasteiger partial charge in [0.15, 0.2) is 6.10 Å². The molecule has 3 amide bonds. The van der Waals surface area contributed by atoms with Crippen LogP contribution in [-0.2, 0) is 9.53 Å². The van der Waals surface area contributed by atoms with Crippen LogP contribution in [0.2, 0.25) is 5.02 Å². The third-order valence-corrected chi connectivity index (χ3v) is 4.61. The van der Waals surface area contributed by atoms with Gasteiger partial charge in [0.05, 0.1) is 22.4 Å². The van der Waals surface area contributed by atoms with E-state index in [1.165, 1.54) is 25.1 Å². The molecule has 1 atom stereocenters. The molecule has 8 heteroatoms. The molecule has 0 aliphatic carbocycles. The fraction of sp³-hybridized carbons (Fsp3) is 0.273. The Morgan fingerprint density at radius 3 is 2.20 bits per heavy atom. The van der Waals surface area contributed by atoms with Gasteiger partial charge < -0.3 is 10.1 Å². The normalized spacial score (nSPS) is 14.4. The third-order valence-electron chi connectivity index (χ3n) is 4.36. The second kappa shape index (κ2) is 7.91. The lowest BCUT2D eigenvalue weighted by molar-refractivity contribution is -0.130. The molecule has 156 valence electrons. The van der Waals surface area contributed by atoms with Crippen LogP contribution in [0.1, 0.15) is 58.8 Å². The van der Waals surface area contributed by atoms with E-state index in [1.807, 2.05) is 20.8 Å². The molecule has 1 heterocycles. The van der Waals surface area contributed by atoms with Crippen molar-refractivity contribution in [2.24, 2.45) is 0 Å². The first-order valence-corrected chi connectivity index (χ1v) is 9.67. The first-order chi connectivity index (χ1) is 14.0. The highest BCUT2D eigenvalue weighted by Gasteiger charge is 2.37. The molecule has 1 aliphatic rings. The Morgan fingerprint density at radius 2 is 1.60 bits per heavy atom. The monoisotopic (exact) mass is 428 g/mol. The first kappa shape index (κ1) is 21.5. The fourth-order valence-corrected chi connectivity index (χ4v) is 3.07. The standard InChI is InChI=1S/C22H21ClN2O5/c1-12(18(26)24-22(2,3)4)30-21(29)13-5-10-16-17(11-13)20(28)25(19(16)27)15-8-6-14(23)7-9-15/h5-12H,1-4H3,(H,24,26). The van der Waals surface area contributed by atoms with Crippen LogP contribution in [0.25, 0.3) is 0 Å². The highest BCUT2D eigenvalue weighted by molar-refractivity contribution is 6.35. The molecule has 0 saturated carbocycles. The van der Waals surface area contributed by atoms with Crippen molar-refractivity contribution >= 4 is 41.0 Å². The van der Waals surface area contributed by atoms with Crippen LogP contribution in [0.3, 0.4) is 0 Å². The van der Waals surface area contributed by atoms with Gasteiger partial charge in [-0.3, -0.25) is 14.4 Å². The van der Waals surface area contributed by atoms with E-state index in [4.69, 9.17) is 16.3 Å². The van der Waals surface area contributed by atoms with Gasteiger partial charge in [0.1, 0.15) is 0 Å². The number of nitrogens with one attached hydrogen (secondary N) is 1. The average molecular weight is 429 g/mol. The lowest BCUT2D eigenvalue weighted by Crippen LogP contribution is -2.46. The average Bonchev–Trinajstić information content (AvgIpc) is 2.91. The molecular weight excluding hydrogens is 408 g/mol. The molecule has 7 nitrogen and oxygen atoms in total. The van der Waals surface area contributed by atoms with Crippen LogP contribution in [0.15, 0.2) is 42.5 Å². The zero-order chi connectivity index (χ0) is 22.2. The van der Waals surface area contributed by atoms with Crippen molar-refractivity contribution in [1.82, 2.24) is 5.32 Å². The number of halogens is 1. The van der Waals surface area contributed by atoms with Crippen molar-refractivity contribution in [3.8, 4) is 0 Å². The van der Waals surface area contributed by atoms with Crippen LogP contribution >= 0.6 is 11.6 Å². The number of esters is 1. The Bertz CT molecular complexity index is 1040. The molecule has 0 aromatic heterocycles. The minimum absolute atomic E-state index is 0.0725. The Morgan fingerprint density at radius 1 is 1.00 bits per heavy atom. The topological polar surface area (TPSA) is 92.8 Å². The summed E-state index contributed by atoms with van der Waals surface area (Å²) in [4.78, 5) is 51.1. The van der Waals surface area contributed by atoms with Crippen LogP contribution in [-0.4, -0.2) is 35.3 Å². The van der Waals surface area contributed by atoms with Crippen molar-refractivity contribution in [2.45, 2.75) is 39.3 Å². The van der Waals surface area contributed by atoms with Gasteiger partial charge in [-0.25, -0.2) is 9.69 Å². The highest BCUT2D eigenvalue weighted by atomic mass is 35.5. The van der Waals surface area contributed by atoms with Crippen molar-refractivity contribution in [3.05, 3.63) is 64.2 Å². The maximum atomic E-state index is 12.8. The van der Waals surface area contributed by atoms with Gasteiger partial charge in [-0.15, -0.1) is 0 Å². The number of ether oxygens (including phenoxy) is 1. The number of rotatable bonds is 4. The summed E-state index contributed by atoms with van der Waals surface area (Å²) in [5.74, 6) is -2.24. The van der Waals surface area contributed by atoms with Gasteiger partial charge >= 0.3 is 5.97 Å². The van der Waals surface area contributed by atoms with E-state index in [9.17, 15) is 19.2 Å². The SMILES string of the molecule is CC(OC(=O)c1ccc2c(c1)C(=O)N(c1ccc(Cl)cc1)C2=O)C(=O)NC(C)(C)C. The van der Waals surface area contributed by atoms with Crippen molar-refractivity contribution in [3.63, 3.8) is 0 Å². The predicted molar refractivity (Wildman–Crippen MR) is 112 cm³/mol. The van der Waals surface area contributed by atoms with Crippen molar-refractivity contribution in [2.75, 3.05) is 4.90 Å². The zero-order valence-electron chi connectivity index (χ0n) is 17.0. The summed E-state index contributed by atoms with van der Waals surface area (Å²) in [6.07, 6.45) is -1.02. The second-order valence-electron chi connectivity index (χ2n) is 7.97. The summed E-state index contributed by atoms with van der Waals surface area (Å²) in [7, 11) is 0. The number of nitrogens with zero attached hydrogens (tertiary/aromatic N) is 1. The molecule has 0 spiro atoms. The van der Waals surface area contributed by atoms with Gasteiger partial charge in [0.25, 0.3) is 17.7 Å². The number of benzene rings is 2. The molecule has 2 aromatic carbocycles. The van der Waals surface area contributed by atoms with E-state index in [2.05, 4.69) is 5.32 Å². The van der Waals surface area contributed by atoms with E-state index in [0.29, 0.717) is 10.7 Å². The number of carbonyl (C=O) groups excluding carboxylic acids is 4. The van der Waals surface area contributed by atoms with Crippen molar-refractivity contribution < 1.29 is 23.9 Å². The lowest BCUT2D eigenvalue weighted by Gasteiger charge is -2.23. The minimum atomic E-state index is -1.02. The molecule has 30 heavy (non-hydrogen) atoms. The quantitative estimate of drug-likeness (QED) is 0.593. The summed E-state index contributed by atoms with van der Waals surface area (Å²) in [6.45, 7) is 6.91. The van der Waals surface area contributed by atoms with E-state index in [0.717, 1.165) is 4.90 Å². The first-order valence-electron chi connectivity index (χ1n) is 9.29. The van der Waals surface area contributed by atoms with E-state index < -0.39 is 35.3 Å². The number of imide groups is 1. The van der Waals surface area contributed by atoms with Crippen LogP contribution in [0, 0.1) is 0 Å². The van der Waals surface area contributed by atoms with Gasteiger partial charge in [-0.2, -0.15) is 0 Å². The number of hydrogen-bond acceptors (Lipinski definition) is 5. The molecule has 1 unspecified atom stereocenters. The number of amides is 3. The summed E-state index contributed by atoms with van der Waals surface area (Å²) in [5, 5.41) is 3.20. The maximum Gasteiger partial charge on any atom is 0.338 e. The Kier molecular flexibility index (Phi) is 5.67. The molecule has 0 bridgehead atoms. The Balaban J connectivity index is 1.80. The minimum Gasteiger partial charge on any atom is -0.449 e. The third kappa shape index (κ3) is 4.36. The van der Waals surface area contributed by atoms with E-state index >= 15 is 0 Å². The van der Waals surface area contributed by atoms with Crippen molar-refractivity contribution in [1.29, 1.82) is 0 Å². The van der Waals surface area contributed by atoms with Gasteiger partial charge in [0, 0.05) is 10.6 Å². The number of anilines is 1. The van der Waals surface area contributed by atoms with E-state index in [-0.39, 0.29) is 16.7 Å². The van der Waals surface area contributed by atoms with Gasteiger partial charge in [0.2, 0.25) is 0 Å². The molecule has 0 saturated heterocycles. The van der Waals surface area contributed by atoms with Crippen LogP contribution < -0.4 is 10.2 Å². The summed E-state index contributed by atoms with van der Waals surface area (Å²) in [5.41, 5.74) is 0.259. The Hall–Kier alpha value is -3.19. The molecule has 0 fully saturated rings. The summed E-state index contributed by atoms with van der Waals surface area (Å²) in [6, 6.07) is 10.4. The molecule has 1 aliphatic heterocycles. The number of fused-ring (bicyclic) bond motifs is 1. The Labute approximate surface area is 179 Å². The summed E-state index contributed by atoms with van der Waals surface area (Å²) < 4.78 is 5.22. The zero-order valence-corrected chi connectivity index (χ0v) is 17.7. The maximum absolute atomic E-state index is 12.8. The number of carbonyl (C=O) groups is 4. The van der Waals surface area contributed by atoms with Crippen LogP contribution in [0.5, 0.6) is 0 Å². The number of hydrogen-bond donors (Lipinski definition) is 1. The fourth-order valence-electron chi connectivity index (χ4n) is 2.95. The largest absolute Gasteiger partial charge is 0.449 e. The highest BCUT2D eigenvalue weighted by Crippen LogP contribution is 2.30. The van der Waals surface area contributed by atoms with Gasteiger partial charge in [-0.05, 0) is 70.2 Å². The van der Waals surface area contributed by atoms with Crippen LogP contribution in [0.4, 0.5) is 5.69 Å². The molecular formula is C22H21ClN2O5. The van der Waals surface area contributed by atoms with Gasteiger partial charge in [-0.1, -0.05) is 11.6 Å². The smallest absolute Gasteiger partial charge is 0.338 e. The van der Waals surface area contributed by atoms with E-state index in [1.54, 1.807) is 24.3 Å². The molecule has 2 aromatic rings. The lowest BCUT2D eigenvalue weighted by atomic mass is 10.1. The molecule has 1 N–H and O–H groups in total.